The lowest BCUT2D eigenvalue weighted by Crippen LogP contribution is -2.38. The van der Waals surface area contributed by atoms with Gasteiger partial charge in [-0.15, -0.1) is 0 Å². The number of rotatable bonds is 8. The summed E-state index contributed by atoms with van der Waals surface area (Å²) < 4.78 is 0. The molecule has 0 bridgehead atoms. The summed E-state index contributed by atoms with van der Waals surface area (Å²) in [6.45, 7) is 9.15. The first-order chi connectivity index (χ1) is 7.83. The molecule has 0 aromatic carbocycles. The van der Waals surface area contributed by atoms with Crippen molar-refractivity contribution in [2.75, 3.05) is 13.1 Å². The number of hydrogen-bond acceptors (Lipinski definition) is 2. The molecule has 0 saturated heterocycles. The molecule has 0 aliphatic carbocycles. The van der Waals surface area contributed by atoms with Crippen molar-refractivity contribution in [1.82, 2.24) is 9.80 Å². The van der Waals surface area contributed by atoms with Gasteiger partial charge in [-0.25, -0.2) is 0 Å². The molecular formula is C14H28N2. The summed E-state index contributed by atoms with van der Waals surface area (Å²) in [5.41, 5.74) is 0. The molecule has 0 N–H and O–H groups in total. The largest absolute Gasteiger partial charge is 0.356 e. The summed E-state index contributed by atoms with van der Waals surface area (Å²) in [5.74, 6) is 0. The van der Waals surface area contributed by atoms with Gasteiger partial charge in [0.25, 0.3) is 0 Å². The van der Waals surface area contributed by atoms with Crippen LogP contribution in [0.15, 0.2) is 12.4 Å². The van der Waals surface area contributed by atoms with Gasteiger partial charge in [0.2, 0.25) is 0 Å². The monoisotopic (exact) mass is 224 g/mol. The van der Waals surface area contributed by atoms with Gasteiger partial charge in [-0.05, 0) is 26.2 Å². The lowest BCUT2D eigenvalue weighted by molar-refractivity contribution is 0.143. The van der Waals surface area contributed by atoms with Crippen molar-refractivity contribution in [3.8, 4) is 0 Å². The maximum Gasteiger partial charge on any atom is 0.101 e. The Morgan fingerprint density at radius 2 is 1.56 bits per heavy atom. The highest BCUT2D eigenvalue weighted by Crippen LogP contribution is 2.21. The quantitative estimate of drug-likeness (QED) is 0.579. The van der Waals surface area contributed by atoms with Gasteiger partial charge in [0, 0.05) is 25.5 Å². The fourth-order valence-electron chi connectivity index (χ4n) is 2.35. The Bertz CT molecular complexity index is 201. The SMILES string of the molecule is CCCCCC1N(CC)C=CN1CCCC. The second-order valence-corrected chi connectivity index (χ2v) is 4.70. The Morgan fingerprint density at radius 1 is 0.875 bits per heavy atom. The van der Waals surface area contributed by atoms with Crippen molar-refractivity contribution >= 4 is 0 Å². The van der Waals surface area contributed by atoms with Gasteiger partial charge in [-0.1, -0.05) is 33.1 Å². The average molecular weight is 224 g/mol. The smallest absolute Gasteiger partial charge is 0.101 e. The van der Waals surface area contributed by atoms with Crippen LogP contribution in [-0.4, -0.2) is 29.1 Å². The van der Waals surface area contributed by atoms with E-state index < -0.39 is 0 Å². The fourth-order valence-corrected chi connectivity index (χ4v) is 2.35. The Balaban J connectivity index is 2.39. The van der Waals surface area contributed by atoms with Gasteiger partial charge in [-0.2, -0.15) is 0 Å². The minimum absolute atomic E-state index is 0.642. The maximum absolute atomic E-state index is 2.53. The van der Waals surface area contributed by atoms with Crippen LogP contribution in [0, 0.1) is 0 Å². The van der Waals surface area contributed by atoms with Crippen LogP contribution in [-0.2, 0) is 0 Å². The van der Waals surface area contributed by atoms with Crippen molar-refractivity contribution < 1.29 is 0 Å². The fraction of sp³-hybridized carbons (Fsp3) is 0.857. The first-order valence-electron chi connectivity index (χ1n) is 7.03. The van der Waals surface area contributed by atoms with Gasteiger partial charge in [0.15, 0.2) is 0 Å². The van der Waals surface area contributed by atoms with E-state index in [0.717, 1.165) is 6.54 Å². The molecule has 1 aliphatic heterocycles. The van der Waals surface area contributed by atoms with Gasteiger partial charge in [0.05, 0.1) is 0 Å². The molecule has 1 atom stereocenters. The van der Waals surface area contributed by atoms with Crippen molar-refractivity contribution in [1.29, 1.82) is 0 Å². The highest BCUT2D eigenvalue weighted by atomic mass is 15.4. The van der Waals surface area contributed by atoms with Gasteiger partial charge < -0.3 is 9.80 Å². The summed E-state index contributed by atoms with van der Waals surface area (Å²) in [7, 11) is 0. The molecule has 1 rings (SSSR count). The Hall–Kier alpha value is -0.660. The Labute approximate surface area is 101 Å². The van der Waals surface area contributed by atoms with Crippen molar-refractivity contribution in [3.63, 3.8) is 0 Å². The lowest BCUT2D eigenvalue weighted by atomic mass is 10.1. The molecule has 0 spiro atoms. The van der Waals surface area contributed by atoms with Crippen LogP contribution in [0.5, 0.6) is 0 Å². The summed E-state index contributed by atoms with van der Waals surface area (Å²) in [6, 6.07) is 0. The molecule has 2 heteroatoms. The molecule has 0 amide bonds. The van der Waals surface area contributed by atoms with Crippen molar-refractivity contribution in [3.05, 3.63) is 12.4 Å². The third kappa shape index (κ3) is 3.73. The van der Waals surface area contributed by atoms with Crippen LogP contribution >= 0.6 is 0 Å². The molecule has 16 heavy (non-hydrogen) atoms. The van der Waals surface area contributed by atoms with Crippen LogP contribution in [0.4, 0.5) is 0 Å². The predicted octanol–water partition coefficient (Wildman–Crippen LogP) is 3.80. The number of unbranched alkanes of at least 4 members (excludes halogenated alkanes) is 3. The molecule has 0 saturated carbocycles. The topological polar surface area (TPSA) is 6.48 Å². The van der Waals surface area contributed by atoms with E-state index in [9.17, 15) is 0 Å². The second-order valence-electron chi connectivity index (χ2n) is 4.70. The second kappa shape index (κ2) is 7.59. The summed E-state index contributed by atoms with van der Waals surface area (Å²) >= 11 is 0. The molecule has 1 unspecified atom stereocenters. The van der Waals surface area contributed by atoms with Crippen molar-refractivity contribution in [2.24, 2.45) is 0 Å². The van der Waals surface area contributed by atoms with E-state index in [1.807, 2.05) is 0 Å². The molecule has 0 aromatic heterocycles. The first kappa shape index (κ1) is 13.4. The van der Waals surface area contributed by atoms with E-state index in [2.05, 4.69) is 43.0 Å². The Kier molecular flexibility index (Phi) is 6.36. The molecule has 1 aliphatic rings. The number of hydrogen-bond donors (Lipinski definition) is 0. The highest BCUT2D eigenvalue weighted by molar-refractivity contribution is 4.96. The van der Waals surface area contributed by atoms with E-state index in [0.29, 0.717) is 6.17 Å². The minimum atomic E-state index is 0.642. The van der Waals surface area contributed by atoms with Gasteiger partial charge >= 0.3 is 0 Å². The molecular weight excluding hydrogens is 196 g/mol. The average Bonchev–Trinajstić information content (AvgIpc) is 2.69. The number of nitrogens with zero attached hydrogens (tertiary/aromatic N) is 2. The third-order valence-electron chi connectivity index (χ3n) is 3.42. The molecule has 2 nitrogen and oxygen atoms in total. The van der Waals surface area contributed by atoms with E-state index in [-0.39, 0.29) is 0 Å². The van der Waals surface area contributed by atoms with Crippen LogP contribution in [0.1, 0.15) is 59.3 Å². The summed E-state index contributed by atoms with van der Waals surface area (Å²) in [5, 5.41) is 0. The van der Waals surface area contributed by atoms with E-state index in [1.165, 1.54) is 45.1 Å². The van der Waals surface area contributed by atoms with Crippen molar-refractivity contribution in [2.45, 2.75) is 65.5 Å². The zero-order chi connectivity index (χ0) is 11.8. The third-order valence-corrected chi connectivity index (χ3v) is 3.42. The van der Waals surface area contributed by atoms with Crippen LogP contribution in [0.3, 0.4) is 0 Å². The van der Waals surface area contributed by atoms with Gasteiger partial charge in [-0.3, -0.25) is 0 Å². The summed E-state index contributed by atoms with van der Waals surface area (Å²) in [4.78, 5) is 5.01. The van der Waals surface area contributed by atoms with Crippen LogP contribution in [0.25, 0.3) is 0 Å². The molecule has 0 fully saturated rings. The highest BCUT2D eigenvalue weighted by Gasteiger charge is 2.23. The summed E-state index contributed by atoms with van der Waals surface area (Å²) in [6.07, 6.45) is 13.2. The van der Waals surface area contributed by atoms with E-state index in [4.69, 9.17) is 0 Å². The first-order valence-corrected chi connectivity index (χ1v) is 7.03. The molecule has 0 aromatic rings. The lowest BCUT2D eigenvalue weighted by Gasteiger charge is -2.32. The van der Waals surface area contributed by atoms with E-state index in [1.54, 1.807) is 0 Å². The maximum atomic E-state index is 2.53. The zero-order valence-corrected chi connectivity index (χ0v) is 11.3. The standard InChI is InChI=1S/C14H28N2/c1-4-7-9-10-14-15(6-3)12-13-16(14)11-8-5-2/h12-14H,4-11H2,1-3H3. The predicted molar refractivity (Wildman–Crippen MR) is 71.1 cm³/mol. The molecule has 94 valence electrons. The molecule has 0 radical (unpaired) electrons. The Morgan fingerprint density at radius 3 is 2.19 bits per heavy atom. The molecule has 1 heterocycles. The minimum Gasteiger partial charge on any atom is -0.356 e. The zero-order valence-electron chi connectivity index (χ0n) is 11.3. The van der Waals surface area contributed by atoms with Crippen LogP contribution < -0.4 is 0 Å². The normalized spacial score (nSPS) is 19.8. The van der Waals surface area contributed by atoms with Crippen LogP contribution in [0.2, 0.25) is 0 Å². The van der Waals surface area contributed by atoms with Gasteiger partial charge in [0.1, 0.15) is 6.17 Å². The van der Waals surface area contributed by atoms with E-state index >= 15 is 0 Å².